The largest absolute Gasteiger partial charge is 0.368 e. The zero-order valence-corrected chi connectivity index (χ0v) is 11.2. The Bertz CT molecular complexity index is 321. The zero-order chi connectivity index (χ0) is 11.3. The molecule has 1 heterocycles. The minimum Gasteiger partial charge on any atom is -0.368 e. The van der Waals surface area contributed by atoms with Gasteiger partial charge in [0.2, 0.25) is 5.95 Å². The Kier molecular flexibility index (Phi) is 5.17. The van der Waals surface area contributed by atoms with E-state index in [-0.39, 0.29) is 5.95 Å². The van der Waals surface area contributed by atoms with Crippen LogP contribution in [0.3, 0.4) is 0 Å². The van der Waals surface area contributed by atoms with Crippen molar-refractivity contribution >= 4 is 39.5 Å². The highest BCUT2D eigenvalue weighted by Gasteiger charge is 2.07. The lowest BCUT2D eigenvalue weighted by atomic mass is 10.2. The number of rotatable bonds is 5. The summed E-state index contributed by atoms with van der Waals surface area (Å²) in [5.74, 6) is 2.18. The average molecular weight is 291 g/mol. The van der Waals surface area contributed by atoms with Gasteiger partial charge in [0, 0.05) is 12.2 Å². The van der Waals surface area contributed by atoms with Gasteiger partial charge in [0.05, 0.1) is 4.47 Å². The first-order valence-electron chi connectivity index (χ1n) is 4.67. The van der Waals surface area contributed by atoms with Gasteiger partial charge >= 0.3 is 0 Å². The molecule has 0 amide bonds. The number of nitrogens with zero attached hydrogens (tertiary/aromatic N) is 2. The van der Waals surface area contributed by atoms with Gasteiger partial charge in [0.15, 0.2) is 0 Å². The van der Waals surface area contributed by atoms with Crippen molar-refractivity contribution in [1.29, 1.82) is 0 Å². The van der Waals surface area contributed by atoms with Crippen LogP contribution in [0.1, 0.15) is 13.3 Å². The lowest BCUT2D eigenvalue weighted by Crippen LogP contribution is -2.17. The summed E-state index contributed by atoms with van der Waals surface area (Å²) < 4.78 is 0.840. The van der Waals surface area contributed by atoms with Crippen LogP contribution < -0.4 is 11.1 Å². The summed E-state index contributed by atoms with van der Waals surface area (Å²) >= 11 is 5.22. The van der Waals surface area contributed by atoms with Crippen molar-refractivity contribution in [3.05, 3.63) is 10.7 Å². The lowest BCUT2D eigenvalue weighted by molar-refractivity contribution is 0.765. The summed E-state index contributed by atoms with van der Waals surface area (Å²) in [7, 11) is 0. The third-order valence-corrected chi connectivity index (χ3v) is 3.13. The third-order valence-electron chi connectivity index (χ3n) is 1.90. The van der Waals surface area contributed by atoms with E-state index in [1.165, 1.54) is 0 Å². The van der Waals surface area contributed by atoms with E-state index in [0.29, 0.717) is 6.04 Å². The zero-order valence-electron chi connectivity index (χ0n) is 8.83. The maximum Gasteiger partial charge on any atom is 0.221 e. The Balaban J connectivity index is 2.59. The molecule has 4 nitrogen and oxygen atoms in total. The van der Waals surface area contributed by atoms with Crippen LogP contribution in [-0.4, -0.2) is 28.0 Å². The van der Waals surface area contributed by atoms with Crippen molar-refractivity contribution in [2.24, 2.45) is 0 Å². The number of nitrogens with two attached hydrogens (primary N) is 1. The molecule has 1 unspecified atom stereocenters. The standard InChI is InChI=1S/C9H15BrN4S/c1-6(3-4-15-2)13-8-7(10)5-12-9(11)14-8/h5-6H,3-4H2,1-2H3,(H3,11,12,13,14). The summed E-state index contributed by atoms with van der Waals surface area (Å²) in [6, 6.07) is 0.378. The number of halogens is 1. The molecular weight excluding hydrogens is 276 g/mol. The second-order valence-electron chi connectivity index (χ2n) is 3.25. The first kappa shape index (κ1) is 12.6. The highest BCUT2D eigenvalue weighted by atomic mass is 79.9. The Morgan fingerprint density at radius 3 is 3.07 bits per heavy atom. The predicted octanol–water partition coefficient (Wildman–Crippen LogP) is 2.37. The molecular formula is C9H15BrN4S. The number of thioether (sulfide) groups is 1. The molecule has 1 aromatic heterocycles. The predicted molar refractivity (Wildman–Crippen MR) is 70.2 cm³/mol. The van der Waals surface area contributed by atoms with Gasteiger partial charge in [-0.25, -0.2) is 4.98 Å². The van der Waals surface area contributed by atoms with E-state index < -0.39 is 0 Å². The van der Waals surface area contributed by atoms with Crippen molar-refractivity contribution in [2.75, 3.05) is 23.1 Å². The molecule has 0 aliphatic heterocycles. The summed E-state index contributed by atoms with van der Waals surface area (Å²) in [6.45, 7) is 2.13. The molecule has 0 radical (unpaired) electrons. The van der Waals surface area contributed by atoms with Gasteiger partial charge in [-0.05, 0) is 41.3 Å². The SMILES string of the molecule is CSCCC(C)Nc1nc(N)ncc1Br. The Labute approximate surface area is 103 Å². The molecule has 15 heavy (non-hydrogen) atoms. The van der Waals surface area contributed by atoms with E-state index >= 15 is 0 Å². The molecule has 0 saturated carbocycles. The molecule has 84 valence electrons. The average Bonchev–Trinajstić information content (AvgIpc) is 2.20. The van der Waals surface area contributed by atoms with Gasteiger partial charge < -0.3 is 11.1 Å². The number of nitrogen functional groups attached to an aromatic ring is 1. The van der Waals surface area contributed by atoms with Crippen LogP contribution >= 0.6 is 27.7 Å². The molecule has 1 atom stereocenters. The van der Waals surface area contributed by atoms with E-state index in [1.54, 1.807) is 6.20 Å². The van der Waals surface area contributed by atoms with Crippen LogP contribution in [0.15, 0.2) is 10.7 Å². The van der Waals surface area contributed by atoms with Crippen LogP contribution in [0.4, 0.5) is 11.8 Å². The van der Waals surface area contributed by atoms with Gasteiger partial charge in [0.1, 0.15) is 5.82 Å². The van der Waals surface area contributed by atoms with E-state index in [1.807, 2.05) is 11.8 Å². The minimum atomic E-state index is 0.290. The van der Waals surface area contributed by atoms with Crippen LogP contribution in [-0.2, 0) is 0 Å². The Hall–Kier alpha value is -0.490. The maximum absolute atomic E-state index is 5.52. The van der Waals surface area contributed by atoms with Crippen molar-refractivity contribution in [2.45, 2.75) is 19.4 Å². The van der Waals surface area contributed by atoms with Crippen LogP contribution in [0.25, 0.3) is 0 Å². The van der Waals surface area contributed by atoms with E-state index in [0.717, 1.165) is 22.5 Å². The Morgan fingerprint density at radius 1 is 1.67 bits per heavy atom. The number of hydrogen-bond donors (Lipinski definition) is 2. The van der Waals surface area contributed by atoms with Gasteiger partial charge in [0.25, 0.3) is 0 Å². The monoisotopic (exact) mass is 290 g/mol. The first-order chi connectivity index (χ1) is 7.13. The second kappa shape index (κ2) is 6.17. The molecule has 3 N–H and O–H groups in total. The van der Waals surface area contributed by atoms with Crippen LogP contribution in [0.5, 0.6) is 0 Å². The highest BCUT2D eigenvalue weighted by Crippen LogP contribution is 2.20. The lowest BCUT2D eigenvalue weighted by Gasteiger charge is -2.14. The Morgan fingerprint density at radius 2 is 2.40 bits per heavy atom. The first-order valence-corrected chi connectivity index (χ1v) is 6.85. The fourth-order valence-corrected chi connectivity index (χ4v) is 1.98. The summed E-state index contributed by atoms with van der Waals surface area (Å²) in [5, 5.41) is 3.29. The molecule has 0 saturated heterocycles. The van der Waals surface area contributed by atoms with Gasteiger partial charge in [-0.2, -0.15) is 16.7 Å². The van der Waals surface area contributed by atoms with E-state index in [2.05, 4.69) is 44.4 Å². The smallest absolute Gasteiger partial charge is 0.221 e. The fraction of sp³-hybridized carbons (Fsp3) is 0.556. The molecule has 6 heteroatoms. The third kappa shape index (κ3) is 4.25. The summed E-state index contributed by atoms with van der Waals surface area (Å²) in [4.78, 5) is 8.01. The van der Waals surface area contributed by atoms with Gasteiger partial charge in [-0.15, -0.1) is 0 Å². The van der Waals surface area contributed by atoms with Gasteiger partial charge in [-0.3, -0.25) is 0 Å². The molecule has 1 rings (SSSR count). The highest BCUT2D eigenvalue weighted by molar-refractivity contribution is 9.10. The quantitative estimate of drug-likeness (QED) is 0.872. The van der Waals surface area contributed by atoms with Crippen LogP contribution in [0.2, 0.25) is 0 Å². The fourth-order valence-electron chi connectivity index (χ4n) is 1.08. The van der Waals surface area contributed by atoms with Crippen molar-refractivity contribution in [1.82, 2.24) is 9.97 Å². The number of anilines is 2. The maximum atomic E-state index is 5.52. The molecule has 1 aromatic rings. The van der Waals surface area contributed by atoms with Crippen LogP contribution in [0, 0.1) is 0 Å². The van der Waals surface area contributed by atoms with Gasteiger partial charge in [-0.1, -0.05) is 0 Å². The minimum absolute atomic E-state index is 0.290. The van der Waals surface area contributed by atoms with Crippen molar-refractivity contribution < 1.29 is 0 Å². The van der Waals surface area contributed by atoms with E-state index in [4.69, 9.17) is 5.73 Å². The number of hydrogen-bond acceptors (Lipinski definition) is 5. The summed E-state index contributed by atoms with van der Waals surface area (Å²) in [6.07, 6.45) is 4.86. The number of aromatic nitrogens is 2. The normalized spacial score (nSPS) is 12.5. The second-order valence-corrected chi connectivity index (χ2v) is 5.09. The molecule has 0 aromatic carbocycles. The van der Waals surface area contributed by atoms with Crippen molar-refractivity contribution in [3.8, 4) is 0 Å². The van der Waals surface area contributed by atoms with Crippen molar-refractivity contribution in [3.63, 3.8) is 0 Å². The molecule has 0 aliphatic rings. The number of nitrogens with one attached hydrogen (secondary N) is 1. The molecule has 0 aliphatic carbocycles. The molecule has 0 spiro atoms. The topological polar surface area (TPSA) is 63.8 Å². The van der Waals surface area contributed by atoms with E-state index in [9.17, 15) is 0 Å². The molecule has 0 bridgehead atoms. The summed E-state index contributed by atoms with van der Waals surface area (Å²) in [5.41, 5.74) is 5.52. The molecule has 0 fully saturated rings.